The van der Waals surface area contributed by atoms with Crippen LogP contribution in [0.5, 0.6) is 0 Å². The quantitative estimate of drug-likeness (QED) is 0.386. The fourth-order valence-electron chi connectivity index (χ4n) is 0. The molecule has 0 fully saturated rings. The van der Waals surface area contributed by atoms with Gasteiger partial charge in [-0.2, -0.15) is 0 Å². The minimum atomic E-state index is 0. The van der Waals surface area contributed by atoms with E-state index in [1.54, 1.807) is 0 Å². The van der Waals surface area contributed by atoms with Crippen molar-refractivity contribution in [3.63, 3.8) is 0 Å². The molecule has 0 spiro atoms. The van der Waals surface area contributed by atoms with Gasteiger partial charge in [-0.3, -0.25) is 0 Å². The first-order chi connectivity index (χ1) is 1.91. The van der Waals surface area contributed by atoms with Crippen LogP contribution in [0.1, 0.15) is 6.42 Å². The van der Waals surface area contributed by atoms with Gasteiger partial charge in [0, 0.05) is 32.7 Å². The van der Waals surface area contributed by atoms with Crippen LogP contribution in [0, 0.1) is 6.92 Å². The number of rotatable bonds is 1. The predicted molar refractivity (Wildman–Crippen MR) is 16.0 cm³/mol. The van der Waals surface area contributed by atoms with Gasteiger partial charge in [-0.05, 0) is 0 Å². The van der Waals surface area contributed by atoms with E-state index in [0.717, 1.165) is 6.29 Å². The molecule has 0 aromatic rings. The molecule has 27 valence electrons. The van der Waals surface area contributed by atoms with Gasteiger partial charge in [0.2, 0.25) is 0 Å². The average molecular weight is 146 g/mol. The Labute approximate surface area is 57.0 Å². The molecule has 5 heavy (non-hydrogen) atoms. The predicted octanol–water partition coefficient (Wildman–Crippen LogP) is 0.407. The zero-order chi connectivity index (χ0) is 3.41. The second-order valence-electron chi connectivity index (χ2n) is 0.455. The van der Waals surface area contributed by atoms with Gasteiger partial charge in [0.05, 0.1) is 6.29 Å². The molecule has 0 heterocycles. The van der Waals surface area contributed by atoms with Crippen LogP contribution in [0.15, 0.2) is 0 Å². The standard InChI is InChI=1S/C3H5O.Y/c1-2-3-4;/h3H,1-2H2;/q-1;. The van der Waals surface area contributed by atoms with Crippen LogP contribution in [-0.4, -0.2) is 6.29 Å². The van der Waals surface area contributed by atoms with Crippen molar-refractivity contribution < 1.29 is 37.5 Å². The summed E-state index contributed by atoms with van der Waals surface area (Å²) in [4.78, 5) is 9.11. The van der Waals surface area contributed by atoms with E-state index in [1.165, 1.54) is 0 Å². The van der Waals surface area contributed by atoms with Crippen molar-refractivity contribution in [2.75, 3.05) is 0 Å². The van der Waals surface area contributed by atoms with Crippen molar-refractivity contribution in [2.45, 2.75) is 6.42 Å². The average Bonchev–Trinajstić information content (AvgIpc) is 1.37. The minimum absolute atomic E-state index is 0. The van der Waals surface area contributed by atoms with E-state index >= 15 is 0 Å². The number of hydrogen-bond donors (Lipinski definition) is 0. The minimum Gasteiger partial charge on any atom is -0.337 e. The third kappa shape index (κ3) is 11.7. The molecule has 0 aliphatic rings. The van der Waals surface area contributed by atoms with Crippen molar-refractivity contribution in [3.05, 3.63) is 6.92 Å². The van der Waals surface area contributed by atoms with Gasteiger partial charge in [-0.15, -0.1) is 6.42 Å². The molecule has 0 unspecified atom stereocenters. The van der Waals surface area contributed by atoms with E-state index in [1.807, 2.05) is 0 Å². The molecule has 0 aromatic carbocycles. The van der Waals surface area contributed by atoms with Crippen molar-refractivity contribution in [1.29, 1.82) is 0 Å². The van der Waals surface area contributed by atoms with Crippen molar-refractivity contribution in [2.24, 2.45) is 0 Å². The van der Waals surface area contributed by atoms with Crippen LogP contribution in [-0.2, 0) is 37.5 Å². The summed E-state index contributed by atoms with van der Waals surface area (Å²) in [5, 5.41) is 0. The Morgan fingerprint density at radius 2 is 2.00 bits per heavy atom. The van der Waals surface area contributed by atoms with Crippen LogP contribution in [0.25, 0.3) is 0 Å². The van der Waals surface area contributed by atoms with Crippen molar-refractivity contribution in [3.8, 4) is 0 Å². The molecular weight excluding hydrogens is 141 g/mol. The molecule has 0 rings (SSSR count). The molecule has 0 aliphatic carbocycles. The van der Waals surface area contributed by atoms with E-state index in [9.17, 15) is 0 Å². The Morgan fingerprint density at radius 1 is 1.80 bits per heavy atom. The van der Waals surface area contributed by atoms with E-state index in [0.29, 0.717) is 6.42 Å². The fourth-order valence-corrected chi connectivity index (χ4v) is 0. The summed E-state index contributed by atoms with van der Waals surface area (Å²) < 4.78 is 0. The van der Waals surface area contributed by atoms with E-state index < -0.39 is 0 Å². The molecule has 1 radical (unpaired) electrons. The van der Waals surface area contributed by atoms with Gasteiger partial charge < -0.3 is 11.7 Å². The Bertz CT molecular complexity index is 20.9. The molecule has 0 bridgehead atoms. The molecule has 0 aromatic heterocycles. The van der Waals surface area contributed by atoms with E-state index in [2.05, 4.69) is 6.92 Å². The zero-order valence-electron chi connectivity index (χ0n) is 2.98. The normalized spacial score (nSPS) is 5.00. The van der Waals surface area contributed by atoms with Crippen LogP contribution < -0.4 is 0 Å². The smallest absolute Gasteiger partial charge is 0.0898 e. The second kappa shape index (κ2) is 8.84. The SMILES string of the molecule is [CH2-]CC=O.[Y]. The Hall–Kier alpha value is 0.774. The van der Waals surface area contributed by atoms with Crippen molar-refractivity contribution in [1.82, 2.24) is 0 Å². The summed E-state index contributed by atoms with van der Waals surface area (Å²) in [6, 6.07) is 0. The van der Waals surface area contributed by atoms with Crippen LogP contribution >= 0.6 is 0 Å². The summed E-state index contributed by atoms with van der Waals surface area (Å²) in [7, 11) is 0. The third-order valence-corrected chi connectivity index (χ3v) is 0.118. The number of aldehydes is 1. The monoisotopic (exact) mass is 146 g/mol. The molecule has 0 amide bonds. The molecule has 0 aliphatic heterocycles. The zero-order valence-corrected chi connectivity index (χ0v) is 5.82. The molecule has 0 N–H and O–H groups in total. The third-order valence-electron chi connectivity index (χ3n) is 0.118. The number of carbonyl (C=O) groups is 1. The molecule has 0 saturated carbocycles. The second-order valence-corrected chi connectivity index (χ2v) is 0.455. The maximum atomic E-state index is 9.11. The van der Waals surface area contributed by atoms with Crippen molar-refractivity contribution >= 4 is 6.29 Å². The van der Waals surface area contributed by atoms with Crippen LogP contribution in [0.3, 0.4) is 0 Å². The first-order valence-corrected chi connectivity index (χ1v) is 1.14. The summed E-state index contributed by atoms with van der Waals surface area (Å²) >= 11 is 0. The van der Waals surface area contributed by atoms with Gasteiger partial charge >= 0.3 is 0 Å². The largest absolute Gasteiger partial charge is 0.337 e. The maximum absolute atomic E-state index is 9.11. The van der Waals surface area contributed by atoms with Crippen LogP contribution in [0.2, 0.25) is 0 Å². The summed E-state index contributed by atoms with van der Waals surface area (Å²) in [6.45, 7) is 3.24. The van der Waals surface area contributed by atoms with E-state index in [4.69, 9.17) is 4.79 Å². The molecule has 0 saturated heterocycles. The first-order valence-electron chi connectivity index (χ1n) is 1.14. The first kappa shape index (κ1) is 9.24. The Kier molecular flexibility index (Phi) is 16.3. The maximum Gasteiger partial charge on any atom is 0.0898 e. The number of hydrogen-bond acceptors (Lipinski definition) is 1. The Morgan fingerprint density at radius 3 is 2.00 bits per heavy atom. The summed E-state index contributed by atoms with van der Waals surface area (Å²) in [6.07, 6.45) is 1.15. The summed E-state index contributed by atoms with van der Waals surface area (Å²) in [5.74, 6) is 0. The number of carbonyl (C=O) groups excluding carboxylic acids is 1. The topological polar surface area (TPSA) is 17.1 Å². The van der Waals surface area contributed by atoms with Gasteiger partial charge in [0.1, 0.15) is 0 Å². The van der Waals surface area contributed by atoms with Gasteiger partial charge in [0.25, 0.3) is 0 Å². The Balaban J connectivity index is 0. The molecular formula is C3H5OY-. The molecule has 2 heteroatoms. The van der Waals surface area contributed by atoms with Crippen LogP contribution in [0.4, 0.5) is 0 Å². The van der Waals surface area contributed by atoms with Gasteiger partial charge in [0.15, 0.2) is 0 Å². The fraction of sp³-hybridized carbons (Fsp3) is 0.333. The molecule has 1 nitrogen and oxygen atoms in total. The molecule has 0 atom stereocenters. The van der Waals surface area contributed by atoms with Gasteiger partial charge in [-0.25, -0.2) is 0 Å². The van der Waals surface area contributed by atoms with E-state index in [-0.39, 0.29) is 32.7 Å². The van der Waals surface area contributed by atoms with Gasteiger partial charge in [-0.1, -0.05) is 0 Å². The summed E-state index contributed by atoms with van der Waals surface area (Å²) in [5.41, 5.74) is 0.